The first kappa shape index (κ1) is 15.8. The molecule has 2 bridgehead atoms. The molecule has 0 unspecified atom stereocenters. The third kappa shape index (κ3) is 3.00. The summed E-state index contributed by atoms with van der Waals surface area (Å²) >= 11 is 0. The zero-order chi connectivity index (χ0) is 11.9. The smallest absolute Gasteiger partial charge is 0.466 e. The Balaban J connectivity index is 0.00000144. The molecule has 4 atom stereocenters. The van der Waals surface area contributed by atoms with E-state index in [1.54, 1.807) is 19.1 Å². The number of carbonyl (C=O) groups excluding carboxylic acids is 1. The second-order valence-electron chi connectivity index (χ2n) is 4.43. The first-order valence-electron chi connectivity index (χ1n) is 5.50. The van der Waals surface area contributed by atoms with Crippen LogP contribution in [-0.4, -0.2) is 19.6 Å². The Hall–Kier alpha value is 0.701. The third-order valence-corrected chi connectivity index (χ3v) is 3.52. The summed E-state index contributed by atoms with van der Waals surface area (Å²) in [7, 11) is 0. The van der Waals surface area contributed by atoms with E-state index in [9.17, 15) is 17.7 Å². The first-order chi connectivity index (χ1) is 7.45. The maximum absolute atomic E-state index is 12.9. The molecule has 1 fully saturated rings. The van der Waals surface area contributed by atoms with Gasteiger partial charge >= 0.3 is 64.3 Å². The molecule has 0 aliphatic heterocycles. The van der Waals surface area contributed by atoms with Gasteiger partial charge in [0.05, 0.1) is 6.61 Å². The number of hydrogen-bond donors (Lipinski definition) is 0. The number of rotatable bonds is 3. The Morgan fingerprint density at radius 1 is 1.35 bits per heavy atom. The van der Waals surface area contributed by atoms with Crippen LogP contribution in [0.5, 0.6) is 0 Å². The van der Waals surface area contributed by atoms with Crippen molar-refractivity contribution >= 4 is 12.9 Å². The number of esters is 1. The van der Waals surface area contributed by atoms with Crippen molar-refractivity contribution in [2.24, 2.45) is 17.8 Å². The van der Waals surface area contributed by atoms with Gasteiger partial charge in [-0.05, 0) is 25.2 Å². The largest absolute Gasteiger partial charge is 1.00 e. The Morgan fingerprint density at radius 2 is 1.94 bits per heavy atom. The molecule has 0 radical (unpaired) electrons. The van der Waals surface area contributed by atoms with Crippen molar-refractivity contribution in [3.05, 3.63) is 12.2 Å². The zero-order valence-corrected chi connectivity index (χ0v) is 13.0. The number of allylic oxidation sites excluding steroid dienone is 2. The maximum Gasteiger partial charge on any atom is 1.00 e. The zero-order valence-electron chi connectivity index (χ0n) is 9.91. The van der Waals surface area contributed by atoms with Crippen molar-refractivity contribution < 1.29 is 73.9 Å². The molecule has 2 nitrogen and oxygen atoms in total. The van der Waals surface area contributed by atoms with Gasteiger partial charge in [-0.15, -0.1) is 0 Å². The van der Waals surface area contributed by atoms with Crippen LogP contribution in [0.25, 0.3) is 0 Å². The minimum atomic E-state index is -4.98. The van der Waals surface area contributed by atoms with Crippen LogP contribution in [0.4, 0.5) is 12.9 Å². The number of halogens is 3. The third-order valence-electron chi connectivity index (χ3n) is 3.52. The molecule has 1 saturated carbocycles. The Kier molecular flexibility index (Phi) is 5.35. The van der Waals surface area contributed by atoms with E-state index in [4.69, 9.17) is 4.74 Å². The van der Waals surface area contributed by atoms with Crippen LogP contribution < -0.4 is 51.4 Å². The van der Waals surface area contributed by atoms with Crippen LogP contribution in [-0.2, 0) is 9.53 Å². The van der Waals surface area contributed by atoms with Crippen LogP contribution >= 0.6 is 0 Å². The van der Waals surface area contributed by atoms with Gasteiger partial charge in [0.2, 0.25) is 0 Å². The minimum Gasteiger partial charge on any atom is -0.466 e. The standard InChI is InChI=1S/C10H13BF3O2.K/c1-2-16-10(15)8-6-3-4-7(5-6)9(8)11(12,13)14;/h3-4,6-9H,2,5H2,1H3;/q-1;+1/t6-,7+,8+,9+;/m0./s1. The molecule has 0 saturated heterocycles. The average Bonchev–Trinajstić information content (AvgIpc) is 2.74. The second-order valence-corrected chi connectivity index (χ2v) is 4.43. The van der Waals surface area contributed by atoms with Crippen molar-refractivity contribution in [2.45, 2.75) is 19.2 Å². The summed E-state index contributed by atoms with van der Waals surface area (Å²) in [4.78, 5) is 11.5. The van der Waals surface area contributed by atoms with Gasteiger partial charge in [-0.2, -0.15) is 0 Å². The van der Waals surface area contributed by atoms with E-state index in [-0.39, 0.29) is 63.9 Å². The van der Waals surface area contributed by atoms with E-state index in [0.29, 0.717) is 6.42 Å². The fraction of sp³-hybridized carbons (Fsp3) is 0.700. The van der Waals surface area contributed by atoms with E-state index in [1.165, 1.54) is 0 Å². The van der Waals surface area contributed by atoms with Crippen LogP contribution in [0.2, 0.25) is 5.82 Å². The topological polar surface area (TPSA) is 26.3 Å². The number of ether oxygens (including phenoxy) is 1. The summed E-state index contributed by atoms with van der Waals surface area (Å²) in [6.45, 7) is -3.24. The molecule has 2 rings (SSSR count). The second kappa shape index (κ2) is 5.78. The van der Waals surface area contributed by atoms with Gasteiger partial charge in [0.25, 0.3) is 0 Å². The van der Waals surface area contributed by atoms with Gasteiger partial charge in [0.1, 0.15) is 0 Å². The molecular formula is C10H13BF3KO2. The Labute approximate surface area is 141 Å². The van der Waals surface area contributed by atoms with Gasteiger partial charge in [-0.3, -0.25) is 4.79 Å². The van der Waals surface area contributed by atoms with E-state index in [1.807, 2.05) is 0 Å². The molecule has 0 N–H and O–H groups in total. The summed E-state index contributed by atoms with van der Waals surface area (Å²) < 4.78 is 43.4. The molecule has 2 aliphatic rings. The van der Waals surface area contributed by atoms with Gasteiger partial charge < -0.3 is 17.7 Å². The molecule has 2 aliphatic carbocycles. The van der Waals surface area contributed by atoms with Crippen molar-refractivity contribution in [3.63, 3.8) is 0 Å². The summed E-state index contributed by atoms with van der Waals surface area (Å²) in [6.07, 6.45) is 3.76. The minimum absolute atomic E-state index is 0. The van der Waals surface area contributed by atoms with Gasteiger partial charge in [0.15, 0.2) is 0 Å². The molecule has 0 amide bonds. The van der Waals surface area contributed by atoms with E-state index in [0.717, 1.165) is 0 Å². The summed E-state index contributed by atoms with van der Waals surface area (Å²) in [5, 5.41) is 0. The normalized spacial score (nSPS) is 34.6. The number of hydrogen-bond acceptors (Lipinski definition) is 2. The Bertz CT molecular complexity index is 332. The van der Waals surface area contributed by atoms with Crippen LogP contribution in [0.3, 0.4) is 0 Å². The number of fused-ring (bicyclic) bond motifs is 2. The average molecular weight is 272 g/mol. The Morgan fingerprint density at radius 3 is 2.47 bits per heavy atom. The van der Waals surface area contributed by atoms with E-state index in [2.05, 4.69) is 0 Å². The molecule has 0 aromatic carbocycles. The van der Waals surface area contributed by atoms with E-state index < -0.39 is 30.6 Å². The van der Waals surface area contributed by atoms with Crippen LogP contribution in [0, 0.1) is 17.8 Å². The van der Waals surface area contributed by atoms with Gasteiger partial charge in [-0.25, -0.2) is 0 Å². The quantitative estimate of drug-likeness (QED) is 0.397. The van der Waals surface area contributed by atoms with Gasteiger partial charge in [-0.1, -0.05) is 18.0 Å². The monoisotopic (exact) mass is 272 g/mol. The molecule has 0 spiro atoms. The van der Waals surface area contributed by atoms with Crippen molar-refractivity contribution in [1.82, 2.24) is 0 Å². The molecule has 0 aromatic heterocycles. The SMILES string of the molecule is CCOC(=O)[C@H]1[C@H]([B-](F)(F)F)[C@@H]2C=C[C@H]1C2.[K+]. The predicted octanol–water partition coefficient (Wildman–Crippen LogP) is -0.407. The predicted molar refractivity (Wildman–Crippen MR) is 53.7 cm³/mol. The molecule has 0 aromatic rings. The summed E-state index contributed by atoms with van der Waals surface area (Å²) in [5.74, 6) is -3.98. The molecule has 90 valence electrons. The van der Waals surface area contributed by atoms with Crippen molar-refractivity contribution in [3.8, 4) is 0 Å². The molecule has 17 heavy (non-hydrogen) atoms. The summed E-state index contributed by atoms with van der Waals surface area (Å²) in [6, 6.07) is 0. The van der Waals surface area contributed by atoms with Crippen molar-refractivity contribution in [1.29, 1.82) is 0 Å². The van der Waals surface area contributed by atoms with Crippen LogP contribution in [0.1, 0.15) is 13.3 Å². The molecular weight excluding hydrogens is 259 g/mol. The summed E-state index contributed by atoms with van der Waals surface area (Å²) in [5.41, 5.74) is 0. The number of carbonyl (C=O) groups is 1. The maximum atomic E-state index is 12.9. The van der Waals surface area contributed by atoms with E-state index >= 15 is 0 Å². The van der Waals surface area contributed by atoms with Gasteiger partial charge in [0, 0.05) is 5.92 Å². The molecule has 0 heterocycles. The van der Waals surface area contributed by atoms with Crippen LogP contribution in [0.15, 0.2) is 12.2 Å². The first-order valence-corrected chi connectivity index (χ1v) is 5.50. The fourth-order valence-electron chi connectivity index (χ4n) is 2.95. The van der Waals surface area contributed by atoms with Crippen molar-refractivity contribution in [2.75, 3.05) is 6.61 Å². The molecule has 7 heteroatoms. The fourth-order valence-corrected chi connectivity index (χ4v) is 2.95.